The molecule has 0 aliphatic rings. The summed E-state index contributed by atoms with van der Waals surface area (Å²) in [5.74, 6) is -1.91. The van der Waals surface area contributed by atoms with E-state index in [1.165, 1.54) is 6.07 Å². The second kappa shape index (κ2) is 5.35. The van der Waals surface area contributed by atoms with Gasteiger partial charge in [-0.15, -0.1) is 13.2 Å². The fourth-order valence-electron chi connectivity index (χ4n) is 1.43. The van der Waals surface area contributed by atoms with Crippen molar-refractivity contribution in [3.63, 3.8) is 0 Å². The van der Waals surface area contributed by atoms with E-state index in [1.807, 2.05) is 6.92 Å². The van der Waals surface area contributed by atoms with Crippen LogP contribution in [0.1, 0.15) is 31.4 Å². The standard InChI is InChI=1S/C11H13F4NO/c1-2-3-9(16)7-4-5-10(8(12)6-7)17-11(13,14)15/h4-6,9H,2-3,16H2,1H3. The minimum atomic E-state index is -4.89. The molecular weight excluding hydrogens is 238 g/mol. The van der Waals surface area contributed by atoms with Crippen LogP contribution in [0.2, 0.25) is 0 Å². The van der Waals surface area contributed by atoms with E-state index in [-0.39, 0.29) is 6.04 Å². The summed E-state index contributed by atoms with van der Waals surface area (Å²) in [6.45, 7) is 1.91. The number of nitrogens with two attached hydrogens (primary N) is 1. The van der Waals surface area contributed by atoms with Crippen molar-refractivity contribution in [3.8, 4) is 5.75 Å². The van der Waals surface area contributed by atoms with Gasteiger partial charge in [-0.2, -0.15) is 0 Å². The number of hydrogen-bond donors (Lipinski definition) is 1. The molecule has 96 valence electrons. The molecule has 2 N–H and O–H groups in total. The highest BCUT2D eigenvalue weighted by Gasteiger charge is 2.32. The second-order valence-corrected chi connectivity index (χ2v) is 3.63. The van der Waals surface area contributed by atoms with Crippen LogP contribution in [0.15, 0.2) is 18.2 Å². The van der Waals surface area contributed by atoms with Crippen molar-refractivity contribution < 1.29 is 22.3 Å². The molecule has 0 amide bonds. The highest BCUT2D eigenvalue weighted by molar-refractivity contribution is 5.31. The molecule has 0 heterocycles. The van der Waals surface area contributed by atoms with Crippen molar-refractivity contribution in [2.45, 2.75) is 32.2 Å². The van der Waals surface area contributed by atoms with Gasteiger partial charge >= 0.3 is 6.36 Å². The molecule has 1 aromatic rings. The molecule has 0 aromatic heterocycles. The molecule has 1 atom stereocenters. The summed E-state index contributed by atoms with van der Waals surface area (Å²) in [6.07, 6.45) is -3.45. The maximum atomic E-state index is 13.3. The van der Waals surface area contributed by atoms with E-state index in [0.29, 0.717) is 12.0 Å². The molecule has 0 aliphatic carbocycles. The predicted octanol–water partition coefficient (Wildman–Crippen LogP) is 3.52. The Labute approximate surface area is 96.4 Å². The van der Waals surface area contributed by atoms with Crippen LogP contribution in [0.5, 0.6) is 5.75 Å². The largest absolute Gasteiger partial charge is 0.573 e. The average molecular weight is 251 g/mol. The van der Waals surface area contributed by atoms with E-state index in [4.69, 9.17) is 5.73 Å². The third kappa shape index (κ3) is 4.22. The van der Waals surface area contributed by atoms with E-state index in [1.54, 1.807) is 0 Å². The summed E-state index contributed by atoms with van der Waals surface area (Å²) in [5.41, 5.74) is 6.18. The van der Waals surface area contributed by atoms with Crippen molar-refractivity contribution in [2.75, 3.05) is 0 Å². The van der Waals surface area contributed by atoms with E-state index in [0.717, 1.165) is 18.6 Å². The Balaban J connectivity index is 2.86. The Bertz CT molecular complexity index is 378. The number of alkyl halides is 3. The Kier molecular flexibility index (Phi) is 4.34. The normalized spacial score (nSPS) is 13.5. The van der Waals surface area contributed by atoms with Crippen LogP contribution in [0.25, 0.3) is 0 Å². The maximum absolute atomic E-state index is 13.3. The quantitative estimate of drug-likeness (QED) is 0.831. The van der Waals surface area contributed by atoms with Crippen LogP contribution in [0, 0.1) is 5.82 Å². The fourth-order valence-corrected chi connectivity index (χ4v) is 1.43. The third-order valence-electron chi connectivity index (χ3n) is 2.21. The molecule has 0 saturated heterocycles. The Morgan fingerprint density at radius 1 is 1.35 bits per heavy atom. The Morgan fingerprint density at radius 2 is 2.00 bits per heavy atom. The highest BCUT2D eigenvalue weighted by Crippen LogP contribution is 2.28. The molecule has 0 spiro atoms. The smallest absolute Gasteiger partial charge is 0.403 e. The lowest BCUT2D eigenvalue weighted by atomic mass is 10.0. The lowest BCUT2D eigenvalue weighted by Gasteiger charge is -2.13. The van der Waals surface area contributed by atoms with E-state index < -0.39 is 17.9 Å². The van der Waals surface area contributed by atoms with Gasteiger partial charge in [0.05, 0.1) is 0 Å². The summed E-state index contributed by atoms with van der Waals surface area (Å²) in [7, 11) is 0. The molecule has 0 aliphatic heterocycles. The number of rotatable bonds is 4. The van der Waals surface area contributed by atoms with Crippen molar-refractivity contribution in [2.24, 2.45) is 5.73 Å². The minimum Gasteiger partial charge on any atom is -0.403 e. The van der Waals surface area contributed by atoms with Crippen LogP contribution in [0.3, 0.4) is 0 Å². The lowest BCUT2D eigenvalue weighted by molar-refractivity contribution is -0.275. The monoisotopic (exact) mass is 251 g/mol. The molecule has 0 radical (unpaired) electrons. The fraction of sp³-hybridized carbons (Fsp3) is 0.455. The van der Waals surface area contributed by atoms with Gasteiger partial charge in [0, 0.05) is 6.04 Å². The van der Waals surface area contributed by atoms with Gasteiger partial charge < -0.3 is 10.5 Å². The van der Waals surface area contributed by atoms with Crippen LogP contribution in [-0.2, 0) is 0 Å². The molecule has 17 heavy (non-hydrogen) atoms. The summed E-state index contributed by atoms with van der Waals surface area (Å²) in [5, 5.41) is 0. The van der Waals surface area contributed by atoms with Gasteiger partial charge in [-0.3, -0.25) is 0 Å². The van der Waals surface area contributed by atoms with Crippen molar-refractivity contribution in [3.05, 3.63) is 29.6 Å². The summed E-state index contributed by atoms with van der Waals surface area (Å²) in [4.78, 5) is 0. The van der Waals surface area contributed by atoms with E-state index >= 15 is 0 Å². The van der Waals surface area contributed by atoms with Crippen LogP contribution < -0.4 is 10.5 Å². The van der Waals surface area contributed by atoms with Gasteiger partial charge in [0.1, 0.15) is 0 Å². The molecule has 1 rings (SSSR count). The average Bonchev–Trinajstić information content (AvgIpc) is 2.19. The first-order chi connectivity index (χ1) is 7.83. The molecule has 6 heteroatoms. The molecule has 0 fully saturated rings. The van der Waals surface area contributed by atoms with Gasteiger partial charge in [-0.25, -0.2) is 4.39 Å². The van der Waals surface area contributed by atoms with E-state index in [9.17, 15) is 17.6 Å². The van der Waals surface area contributed by atoms with Crippen molar-refractivity contribution in [1.29, 1.82) is 0 Å². The zero-order valence-corrected chi connectivity index (χ0v) is 9.22. The van der Waals surface area contributed by atoms with Crippen molar-refractivity contribution >= 4 is 0 Å². The van der Waals surface area contributed by atoms with Gasteiger partial charge in [-0.05, 0) is 24.1 Å². The third-order valence-corrected chi connectivity index (χ3v) is 2.21. The molecule has 1 aromatic carbocycles. The molecular formula is C11H13F4NO. The van der Waals surface area contributed by atoms with Gasteiger partial charge in [0.25, 0.3) is 0 Å². The SMILES string of the molecule is CCCC(N)c1ccc(OC(F)(F)F)c(F)c1. The van der Waals surface area contributed by atoms with Crippen molar-refractivity contribution in [1.82, 2.24) is 0 Å². The molecule has 1 unspecified atom stereocenters. The number of benzene rings is 1. The topological polar surface area (TPSA) is 35.2 Å². The first kappa shape index (κ1) is 13.8. The Hall–Kier alpha value is -1.30. The number of halogens is 4. The Morgan fingerprint density at radius 3 is 2.47 bits per heavy atom. The maximum Gasteiger partial charge on any atom is 0.573 e. The van der Waals surface area contributed by atoms with Crippen LogP contribution in [0.4, 0.5) is 17.6 Å². The van der Waals surface area contributed by atoms with Gasteiger partial charge in [0.2, 0.25) is 0 Å². The molecule has 0 saturated carbocycles. The lowest BCUT2D eigenvalue weighted by Crippen LogP contribution is -2.18. The predicted molar refractivity (Wildman–Crippen MR) is 54.9 cm³/mol. The first-order valence-electron chi connectivity index (χ1n) is 5.14. The number of hydrogen-bond acceptors (Lipinski definition) is 2. The first-order valence-corrected chi connectivity index (χ1v) is 5.14. The van der Waals surface area contributed by atoms with Gasteiger partial charge in [-0.1, -0.05) is 19.4 Å². The van der Waals surface area contributed by atoms with Crippen LogP contribution in [-0.4, -0.2) is 6.36 Å². The zero-order chi connectivity index (χ0) is 13.1. The zero-order valence-electron chi connectivity index (χ0n) is 9.22. The van der Waals surface area contributed by atoms with Gasteiger partial charge in [0.15, 0.2) is 11.6 Å². The number of ether oxygens (including phenoxy) is 1. The summed E-state index contributed by atoms with van der Waals surface area (Å²) >= 11 is 0. The van der Waals surface area contributed by atoms with Crippen LogP contribution >= 0.6 is 0 Å². The molecule has 2 nitrogen and oxygen atoms in total. The van der Waals surface area contributed by atoms with E-state index in [2.05, 4.69) is 4.74 Å². The summed E-state index contributed by atoms with van der Waals surface area (Å²) < 4.78 is 52.5. The summed E-state index contributed by atoms with van der Waals surface area (Å²) in [6, 6.07) is 2.87. The highest BCUT2D eigenvalue weighted by atomic mass is 19.4. The molecule has 0 bridgehead atoms. The second-order valence-electron chi connectivity index (χ2n) is 3.63. The minimum absolute atomic E-state index is 0.380.